The molecule has 0 saturated carbocycles. The van der Waals surface area contributed by atoms with Gasteiger partial charge in [-0.25, -0.2) is 0 Å². The van der Waals surface area contributed by atoms with E-state index in [-0.39, 0.29) is 6.04 Å². The van der Waals surface area contributed by atoms with Gasteiger partial charge in [-0.3, -0.25) is 4.90 Å². The highest BCUT2D eigenvalue weighted by molar-refractivity contribution is 5.30. The van der Waals surface area contributed by atoms with Crippen LogP contribution in [-0.2, 0) is 0 Å². The molecule has 2 N–H and O–H groups in total. The topological polar surface area (TPSA) is 32.5 Å². The van der Waals surface area contributed by atoms with Gasteiger partial charge in [-0.1, -0.05) is 31.2 Å². The first kappa shape index (κ1) is 16.5. The lowest BCUT2D eigenvalue weighted by molar-refractivity contribution is 0.121. The molecule has 1 saturated heterocycles. The predicted molar refractivity (Wildman–Crippen MR) is 90.5 cm³/mol. The number of likely N-dealkylation sites (N-methyl/N-ethyl adjacent to an activating group) is 1. The lowest BCUT2D eigenvalue weighted by Crippen LogP contribution is -2.47. The molecule has 3 nitrogen and oxygen atoms in total. The highest BCUT2D eigenvalue weighted by Crippen LogP contribution is 2.30. The molecule has 3 atom stereocenters. The fourth-order valence-electron chi connectivity index (χ4n) is 3.60. The molecule has 1 aromatic carbocycles. The molecule has 0 aliphatic carbocycles. The minimum absolute atomic E-state index is 0.192. The van der Waals surface area contributed by atoms with Gasteiger partial charge in [0.2, 0.25) is 0 Å². The number of nitrogens with zero attached hydrogens (tertiary/aromatic N) is 2. The third-order valence-corrected chi connectivity index (χ3v) is 4.84. The van der Waals surface area contributed by atoms with Gasteiger partial charge in [0, 0.05) is 25.2 Å². The van der Waals surface area contributed by atoms with Crippen molar-refractivity contribution in [2.24, 2.45) is 5.73 Å². The molecule has 1 aliphatic rings. The zero-order valence-electron chi connectivity index (χ0n) is 14.0. The first-order valence-electron chi connectivity index (χ1n) is 8.30. The molecule has 0 bridgehead atoms. The Bertz CT molecular complexity index is 446. The maximum atomic E-state index is 6.54. The second kappa shape index (κ2) is 7.39. The van der Waals surface area contributed by atoms with Crippen LogP contribution in [0.2, 0.25) is 0 Å². The zero-order chi connectivity index (χ0) is 15.4. The summed E-state index contributed by atoms with van der Waals surface area (Å²) in [6, 6.07) is 9.80. The highest BCUT2D eigenvalue weighted by atomic mass is 15.3. The normalized spacial score (nSPS) is 24.5. The summed E-state index contributed by atoms with van der Waals surface area (Å²) in [4.78, 5) is 5.08. The van der Waals surface area contributed by atoms with Crippen molar-refractivity contribution in [3.05, 3.63) is 35.4 Å². The van der Waals surface area contributed by atoms with Gasteiger partial charge in [0.1, 0.15) is 0 Å². The largest absolute Gasteiger partial charge is 0.326 e. The molecule has 3 heteroatoms. The molecular formula is C18H31N3. The standard InChI is InChI=1S/C18H31N3/c1-5-17(19)18(16-10-7-6-9-14(16)2)21-12-8-11-20(4)13-15(21)3/h6-7,9-10,15,17-18H,5,8,11-13,19H2,1-4H3. The number of benzene rings is 1. The number of rotatable bonds is 4. The molecule has 0 aromatic heterocycles. The maximum Gasteiger partial charge on any atom is 0.0505 e. The van der Waals surface area contributed by atoms with Crippen molar-refractivity contribution >= 4 is 0 Å². The average molecular weight is 289 g/mol. The van der Waals surface area contributed by atoms with Gasteiger partial charge in [0.05, 0.1) is 6.04 Å². The summed E-state index contributed by atoms with van der Waals surface area (Å²) in [5.74, 6) is 0. The van der Waals surface area contributed by atoms with Crippen LogP contribution < -0.4 is 5.73 Å². The van der Waals surface area contributed by atoms with Crippen LogP contribution in [0.15, 0.2) is 24.3 Å². The van der Waals surface area contributed by atoms with E-state index in [1.165, 1.54) is 24.1 Å². The van der Waals surface area contributed by atoms with E-state index in [9.17, 15) is 0 Å². The van der Waals surface area contributed by atoms with Gasteiger partial charge in [0.15, 0.2) is 0 Å². The lowest BCUT2D eigenvalue weighted by atomic mass is 9.91. The van der Waals surface area contributed by atoms with Crippen LogP contribution in [0.3, 0.4) is 0 Å². The quantitative estimate of drug-likeness (QED) is 0.925. The summed E-state index contributed by atoms with van der Waals surface area (Å²) in [5.41, 5.74) is 9.30. The van der Waals surface area contributed by atoms with Crippen LogP contribution >= 0.6 is 0 Å². The summed E-state index contributed by atoms with van der Waals surface area (Å²) in [5, 5.41) is 0. The Morgan fingerprint density at radius 3 is 2.67 bits per heavy atom. The molecule has 1 fully saturated rings. The van der Waals surface area contributed by atoms with Gasteiger partial charge in [0.25, 0.3) is 0 Å². The van der Waals surface area contributed by atoms with Crippen molar-refractivity contribution in [2.75, 3.05) is 26.7 Å². The Labute approximate surface area is 130 Å². The Kier molecular flexibility index (Phi) is 5.80. The van der Waals surface area contributed by atoms with Crippen molar-refractivity contribution in [1.82, 2.24) is 9.80 Å². The Hall–Kier alpha value is -0.900. The molecule has 1 aromatic rings. The van der Waals surface area contributed by atoms with Crippen molar-refractivity contribution < 1.29 is 0 Å². The molecule has 1 heterocycles. The fourth-order valence-corrected chi connectivity index (χ4v) is 3.60. The van der Waals surface area contributed by atoms with E-state index in [0.29, 0.717) is 12.1 Å². The molecule has 0 spiro atoms. The van der Waals surface area contributed by atoms with E-state index in [1.807, 2.05) is 0 Å². The SMILES string of the molecule is CCC(N)C(c1ccccc1C)N1CCCN(C)CC1C. The van der Waals surface area contributed by atoms with Crippen LogP contribution in [-0.4, -0.2) is 48.6 Å². The van der Waals surface area contributed by atoms with E-state index in [2.05, 4.69) is 61.9 Å². The summed E-state index contributed by atoms with van der Waals surface area (Å²) in [6.45, 7) is 10.2. The monoisotopic (exact) mass is 289 g/mol. The molecule has 3 unspecified atom stereocenters. The Morgan fingerprint density at radius 2 is 2.00 bits per heavy atom. The van der Waals surface area contributed by atoms with Crippen LogP contribution in [0, 0.1) is 6.92 Å². The van der Waals surface area contributed by atoms with E-state index in [0.717, 1.165) is 19.5 Å². The summed E-state index contributed by atoms with van der Waals surface area (Å²) in [7, 11) is 2.22. The summed E-state index contributed by atoms with van der Waals surface area (Å²) >= 11 is 0. The van der Waals surface area contributed by atoms with Crippen LogP contribution in [0.5, 0.6) is 0 Å². The van der Waals surface area contributed by atoms with Crippen molar-refractivity contribution in [1.29, 1.82) is 0 Å². The summed E-state index contributed by atoms with van der Waals surface area (Å²) in [6.07, 6.45) is 2.23. The average Bonchev–Trinajstić information content (AvgIpc) is 2.62. The van der Waals surface area contributed by atoms with Crippen molar-refractivity contribution in [2.45, 2.75) is 51.7 Å². The minimum atomic E-state index is 0.192. The van der Waals surface area contributed by atoms with Gasteiger partial charge in [-0.15, -0.1) is 0 Å². The predicted octanol–water partition coefficient (Wildman–Crippen LogP) is 2.80. The first-order valence-corrected chi connectivity index (χ1v) is 8.30. The molecule has 0 radical (unpaired) electrons. The van der Waals surface area contributed by atoms with E-state index in [1.54, 1.807) is 0 Å². The van der Waals surface area contributed by atoms with Gasteiger partial charge in [-0.2, -0.15) is 0 Å². The van der Waals surface area contributed by atoms with Crippen LogP contribution in [0.4, 0.5) is 0 Å². The lowest BCUT2D eigenvalue weighted by Gasteiger charge is -2.39. The van der Waals surface area contributed by atoms with Gasteiger partial charge in [-0.05, 0) is 51.4 Å². The van der Waals surface area contributed by atoms with E-state index in [4.69, 9.17) is 5.73 Å². The molecule has 0 amide bonds. The number of nitrogens with two attached hydrogens (primary N) is 1. The van der Waals surface area contributed by atoms with Gasteiger partial charge >= 0.3 is 0 Å². The van der Waals surface area contributed by atoms with Crippen molar-refractivity contribution in [3.8, 4) is 0 Å². The second-order valence-electron chi connectivity index (χ2n) is 6.58. The number of hydrogen-bond donors (Lipinski definition) is 1. The first-order chi connectivity index (χ1) is 10.0. The Balaban J connectivity index is 2.33. The third-order valence-electron chi connectivity index (χ3n) is 4.84. The zero-order valence-corrected chi connectivity index (χ0v) is 14.0. The number of aryl methyl sites for hydroxylation is 1. The highest BCUT2D eigenvalue weighted by Gasteiger charge is 2.31. The molecule has 2 rings (SSSR count). The molecule has 21 heavy (non-hydrogen) atoms. The maximum absolute atomic E-state index is 6.54. The van der Waals surface area contributed by atoms with Crippen LogP contribution in [0.1, 0.15) is 43.9 Å². The van der Waals surface area contributed by atoms with Crippen molar-refractivity contribution in [3.63, 3.8) is 0 Å². The molecule has 1 aliphatic heterocycles. The third kappa shape index (κ3) is 3.85. The fraction of sp³-hybridized carbons (Fsp3) is 0.667. The van der Waals surface area contributed by atoms with E-state index >= 15 is 0 Å². The second-order valence-corrected chi connectivity index (χ2v) is 6.58. The van der Waals surface area contributed by atoms with E-state index < -0.39 is 0 Å². The van der Waals surface area contributed by atoms with Gasteiger partial charge < -0.3 is 10.6 Å². The molecular weight excluding hydrogens is 258 g/mol. The summed E-state index contributed by atoms with van der Waals surface area (Å²) < 4.78 is 0. The number of hydrogen-bond acceptors (Lipinski definition) is 3. The Morgan fingerprint density at radius 1 is 1.29 bits per heavy atom. The van der Waals surface area contributed by atoms with Crippen LogP contribution in [0.25, 0.3) is 0 Å². The molecule has 118 valence electrons. The smallest absolute Gasteiger partial charge is 0.0505 e. The minimum Gasteiger partial charge on any atom is -0.326 e.